The maximum absolute atomic E-state index is 11.9. The molecule has 0 fully saturated rings. The minimum atomic E-state index is -3.53. The number of carbonyl (C=O) groups excluding carboxylic acids is 1. The number of rotatable bonds is 12. The molecule has 2 rings (SSSR count). The Morgan fingerprint density at radius 1 is 1.00 bits per heavy atom. The first-order valence-corrected chi connectivity index (χ1v) is 11.3. The van der Waals surface area contributed by atoms with Gasteiger partial charge < -0.3 is 13.7 Å². The molecule has 0 bridgehead atoms. The lowest BCUT2D eigenvalue weighted by molar-refractivity contribution is -0.143. The van der Waals surface area contributed by atoms with Gasteiger partial charge in [-0.1, -0.05) is 24.3 Å². The van der Waals surface area contributed by atoms with Crippen molar-refractivity contribution < 1.29 is 31.7 Å². The molecule has 1 unspecified atom stereocenters. The van der Waals surface area contributed by atoms with Gasteiger partial charge in [0, 0.05) is 19.4 Å². The number of hydroxylamine groups is 1. The first kappa shape index (κ1) is 23.7. The highest BCUT2D eigenvalue weighted by atomic mass is 32.2. The average Bonchev–Trinajstić information content (AvgIpc) is 2.69. The molecule has 1 N–H and O–H groups in total. The number of hydrogen-bond acceptors (Lipinski definition) is 7. The van der Waals surface area contributed by atoms with Crippen LogP contribution in [-0.4, -0.2) is 47.0 Å². The van der Waals surface area contributed by atoms with Crippen LogP contribution in [0.2, 0.25) is 0 Å². The Labute approximate surface area is 177 Å². The van der Waals surface area contributed by atoms with Crippen LogP contribution >= 0.6 is 0 Å². The van der Waals surface area contributed by atoms with E-state index in [1.807, 2.05) is 31.2 Å². The Bertz CT molecular complexity index is 896. The van der Waals surface area contributed by atoms with E-state index >= 15 is 0 Å². The molecule has 0 radical (unpaired) electrons. The molecule has 2 aromatic carbocycles. The number of hydrogen-bond donors (Lipinski definition) is 1. The Kier molecular flexibility index (Phi) is 9.10. The van der Waals surface area contributed by atoms with Crippen LogP contribution in [0, 0.1) is 0 Å². The molecule has 164 valence electrons. The first-order chi connectivity index (χ1) is 14.3. The fraction of sp³-hybridized carbons (Fsp3) is 0.381. The summed E-state index contributed by atoms with van der Waals surface area (Å²) in [6.45, 7) is 2.71. The second kappa shape index (κ2) is 11.5. The van der Waals surface area contributed by atoms with E-state index in [9.17, 15) is 13.2 Å². The van der Waals surface area contributed by atoms with Crippen molar-refractivity contribution in [3.05, 3.63) is 59.7 Å². The molecule has 9 heteroatoms. The lowest BCUT2D eigenvalue weighted by Gasteiger charge is -2.16. The van der Waals surface area contributed by atoms with Crippen LogP contribution in [0.3, 0.4) is 0 Å². The molecule has 2 aromatic rings. The van der Waals surface area contributed by atoms with Crippen LogP contribution in [0.1, 0.15) is 18.1 Å². The van der Waals surface area contributed by atoms with Gasteiger partial charge in [0.15, 0.2) is 0 Å². The van der Waals surface area contributed by atoms with E-state index in [2.05, 4.69) is 10.3 Å². The van der Waals surface area contributed by atoms with Crippen LogP contribution in [0.5, 0.6) is 11.5 Å². The summed E-state index contributed by atoms with van der Waals surface area (Å²) in [4.78, 5) is 16.6. The fourth-order valence-corrected chi connectivity index (χ4v) is 3.16. The van der Waals surface area contributed by atoms with Crippen molar-refractivity contribution in [1.29, 1.82) is 0 Å². The molecular formula is C21H27NO7S. The highest BCUT2D eigenvalue weighted by molar-refractivity contribution is 7.86. The molecule has 30 heavy (non-hydrogen) atoms. The highest BCUT2D eigenvalue weighted by Gasteiger charge is 2.19. The van der Waals surface area contributed by atoms with E-state index in [0.717, 1.165) is 17.4 Å². The van der Waals surface area contributed by atoms with Gasteiger partial charge >= 0.3 is 10.1 Å². The zero-order valence-electron chi connectivity index (χ0n) is 17.3. The lowest BCUT2D eigenvalue weighted by Crippen LogP contribution is -2.37. The second-order valence-corrected chi connectivity index (χ2v) is 8.07. The quantitative estimate of drug-likeness (QED) is 0.402. The SMILES string of the molecule is CCOC(Cc1ccc(OCCc2ccc(OS(C)(=O)=O)cc2)cc1)C(=O)NOC. The van der Waals surface area contributed by atoms with Crippen molar-refractivity contribution >= 4 is 16.0 Å². The number of carbonyl (C=O) groups is 1. The molecule has 0 aliphatic carbocycles. The predicted molar refractivity (Wildman–Crippen MR) is 112 cm³/mol. The minimum Gasteiger partial charge on any atom is -0.493 e. The molecule has 0 saturated carbocycles. The van der Waals surface area contributed by atoms with E-state index in [1.54, 1.807) is 24.3 Å². The molecule has 0 aliphatic rings. The number of benzene rings is 2. The Morgan fingerprint density at radius 2 is 1.60 bits per heavy atom. The van der Waals surface area contributed by atoms with Crippen molar-refractivity contribution in [3.63, 3.8) is 0 Å². The molecule has 1 amide bonds. The summed E-state index contributed by atoms with van der Waals surface area (Å²) >= 11 is 0. The molecule has 0 aromatic heterocycles. The third kappa shape index (κ3) is 8.40. The van der Waals surface area contributed by atoms with Crippen molar-refractivity contribution in [2.45, 2.75) is 25.9 Å². The van der Waals surface area contributed by atoms with Gasteiger partial charge in [-0.2, -0.15) is 8.42 Å². The van der Waals surface area contributed by atoms with Gasteiger partial charge in [-0.05, 0) is 42.3 Å². The van der Waals surface area contributed by atoms with Crippen molar-refractivity contribution in [2.24, 2.45) is 0 Å². The maximum Gasteiger partial charge on any atom is 0.306 e. The van der Waals surface area contributed by atoms with Gasteiger partial charge in [0.1, 0.15) is 17.6 Å². The smallest absolute Gasteiger partial charge is 0.306 e. The second-order valence-electron chi connectivity index (χ2n) is 6.49. The summed E-state index contributed by atoms with van der Waals surface area (Å²) in [6.07, 6.45) is 1.46. The van der Waals surface area contributed by atoms with Crippen molar-refractivity contribution in [1.82, 2.24) is 5.48 Å². The zero-order chi connectivity index (χ0) is 22.0. The summed E-state index contributed by atoms with van der Waals surface area (Å²) in [5, 5.41) is 0. The van der Waals surface area contributed by atoms with Gasteiger partial charge in [0.2, 0.25) is 0 Å². The maximum atomic E-state index is 11.9. The van der Waals surface area contributed by atoms with Crippen LogP contribution in [-0.2, 0) is 37.3 Å². The molecule has 0 heterocycles. The van der Waals surface area contributed by atoms with E-state index < -0.39 is 16.2 Å². The van der Waals surface area contributed by atoms with Gasteiger partial charge in [-0.25, -0.2) is 5.48 Å². The molecular weight excluding hydrogens is 410 g/mol. The molecule has 0 aliphatic heterocycles. The molecule has 1 atom stereocenters. The minimum absolute atomic E-state index is 0.280. The van der Waals surface area contributed by atoms with Gasteiger partial charge in [0.05, 0.1) is 20.0 Å². The predicted octanol–water partition coefficient (Wildman–Crippen LogP) is 2.27. The summed E-state index contributed by atoms with van der Waals surface area (Å²) in [5.41, 5.74) is 4.23. The first-order valence-electron chi connectivity index (χ1n) is 9.45. The third-order valence-electron chi connectivity index (χ3n) is 4.04. The van der Waals surface area contributed by atoms with Crippen LogP contribution in [0.25, 0.3) is 0 Å². The summed E-state index contributed by atoms with van der Waals surface area (Å²) in [5.74, 6) is 0.667. The molecule has 0 spiro atoms. The Morgan fingerprint density at radius 3 is 2.17 bits per heavy atom. The Hall–Kier alpha value is -2.62. The Balaban J connectivity index is 1.83. The average molecular weight is 438 g/mol. The standard InChI is InChI=1S/C21H27NO7S/c1-4-27-20(21(23)22-26-2)15-17-7-9-18(10-8-17)28-14-13-16-5-11-19(12-6-16)29-30(3,24)25/h5-12,20H,4,13-15H2,1-3H3,(H,22,23). The summed E-state index contributed by atoms with van der Waals surface area (Å²) < 4.78 is 38.3. The van der Waals surface area contributed by atoms with Crippen LogP contribution in [0.15, 0.2) is 48.5 Å². The summed E-state index contributed by atoms with van der Waals surface area (Å²) in [6, 6.07) is 14.3. The molecule has 0 saturated heterocycles. The number of nitrogens with one attached hydrogen (secondary N) is 1. The van der Waals surface area contributed by atoms with Gasteiger partial charge in [0.25, 0.3) is 5.91 Å². The van der Waals surface area contributed by atoms with Crippen molar-refractivity contribution in [3.8, 4) is 11.5 Å². The van der Waals surface area contributed by atoms with E-state index in [1.165, 1.54) is 7.11 Å². The fourth-order valence-electron chi connectivity index (χ4n) is 2.70. The van der Waals surface area contributed by atoms with Crippen LogP contribution in [0.4, 0.5) is 0 Å². The largest absolute Gasteiger partial charge is 0.493 e. The van der Waals surface area contributed by atoms with Gasteiger partial charge in [-0.15, -0.1) is 0 Å². The highest BCUT2D eigenvalue weighted by Crippen LogP contribution is 2.17. The molecule has 8 nitrogen and oxygen atoms in total. The monoisotopic (exact) mass is 437 g/mol. The van der Waals surface area contributed by atoms with Gasteiger partial charge in [-0.3, -0.25) is 9.63 Å². The lowest BCUT2D eigenvalue weighted by atomic mass is 10.1. The van der Waals surface area contributed by atoms with Crippen molar-refractivity contribution in [2.75, 3.05) is 26.6 Å². The van der Waals surface area contributed by atoms with E-state index in [4.69, 9.17) is 13.7 Å². The normalized spacial score (nSPS) is 12.2. The zero-order valence-corrected chi connectivity index (χ0v) is 18.1. The number of ether oxygens (including phenoxy) is 2. The van der Waals surface area contributed by atoms with E-state index in [-0.39, 0.29) is 11.7 Å². The van der Waals surface area contributed by atoms with Crippen LogP contribution < -0.4 is 14.4 Å². The van der Waals surface area contributed by atoms with E-state index in [0.29, 0.717) is 31.8 Å². The number of amides is 1. The summed E-state index contributed by atoms with van der Waals surface area (Å²) in [7, 11) is -2.15. The topological polar surface area (TPSA) is 100 Å². The third-order valence-corrected chi connectivity index (χ3v) is 4.53.